The van der Waals surface area contributed by atoms with Gasteiger partial charge in [-0.1, -0.05) is 64.7 Å². The van der Waals surface area contributed by atoms with Gasteiger partial charge in [0.05, 0.1) is 6.04 Å². The average molecular weight is 282 g/mol. The van der Waals surface area contributed by atoms with Gasteiger partial charge in [-0.2, -0.15) is 0 Å². The topological polar surface area (TPSA) is 41.1 Å². The van der Waals surface area contributed by atoms with Gasteiger partial charge in [0.15, 0.2) is 0 Å². The molecule has 1 atom stereocenters. The molecule has 1 aliphatic rings. The molecule has 3 nitrogen and oxygen atoms in total. The molecule has 1 fully saturated rings. The van der Waals surface area contributed by atoms with E-state index in [1.807, 2.05) is 0 Å². The zero-order valence-electron chi connectivity index (χ0n) is 13.4. The first-order chi connectivity index (χ1) is 9.84. The highest BCUT2D eigenvalue weighted by Crippen LogP contribution is 2.09. The van der Waals surface area contributed by atoms with E-state index >= 15 is 0 Å². The van der Waals surface area contributed by atoms with E-state index in [0.29, 0.717) is 0 Å². The molecule has 0 saturated carbocycles. The summed E-state index contributed by atoms with van der Waals surface area (Å²) >= 11 is 0. The molecule has 0 radical (unpaired) electrons. The van der Waals surface area contributed by atoms with Crippen molar-refractivity contribution in [2.24, 2.45) is 0 Å². The number of nitrogens with one attached hydrogen (secondary N) is 2. The van der Waals surface area contributed by atoms with Gasteiger partial charge in [-0.3, -0.25) is 4.79 Å². The SMILES string of the molecule is CCCCCCCCCCNC(=O)C1CCCCCN1. The molecular weight excluding hydrogens is 248 g/mol. The summed E-state index contributed by atoms with van der Waals surface area (Å²) in [5.41, 5.74) is 0. The van der Waals surface area contributed by atoms with Gasteiger partial charge in [-0.05, 0) is 25.8 Å². The minimum Gasteiger partial charge on any atom is -0.355 e. The van der Waals surface area contributed by atoms with Crippen LogP contribution in [0.3, 0.4) is 0 Å². The first-order valence-corrected chi connectivity index (χ1v) is 8.85. The van der Waals surface area contributed by atoms with Crippen molar-refractivity contribution < 1.29 is 4.79 Å². The molecule has 1 unspecified atom stereocenters. The summed E-state index contributed by atoms with van der Waals surface area (Å²) in [7, 11) is 0. The van der Waals surface area contributed by atoms with Gasteiger partial charge in [0.2, 0.25) is 5.91 Å². The Balaban J connectivity index is 1.91. The van der Waals surface area contributed by atoms with E-state index in [-0.39, 0.29) is 11.9 Å². The fraction of sp³-hybridized carbons (Fsp3) is 0.941. The second-order valence-electron chi connectivity index (χ2n) is 6.12. The maximum absolute atomic E-state index is 12.0. The van der Waals surface area contributed by atoms with E-state index in [4.69, 9.17) is 0 Å². The highest BCUT2D eigenvalue weighted by atomic mass is 16.2. The molecule has 2 N–H and O–H groups in total. The van der Waals surface area contributed by atoms with Crippen LogP contribution >= 0.6 is 0 Å². The Bertz CT molecular complexity index is 235. The Hall–Kier alpha value is -0.570. The summed E-state index contributed by atoms with van der Waals surface area (Å²) in [4.78, 5) is 12.0. The van der Waals surface area contributed by atoms with Crippen LogP contribution in [0.1, 0.15) is 84.0 Å². The third-order valence-electron chi connectivity index (χ3n) is 4.21. The number of rotatable bonds is 10. The van der Waals surface area contributed by atoms with E-state index in [2.05, 4.69) is 17.6 Å². The summed E-state index contributed by atoms with van der Waals surface area (Å²) in [6.07, 6.45) is 15.2. The lowest BCUT2D eigenvalue weighted by Crippen LogP contribution is -2.43. The van der Waals surface area contributed by atoms with Gasteiger partial charge < -0.3 is 10.6 Å². The molecular formula is C17H34N2O. The standard InChI is InChI=1S/C17H34N2O/c1-2-3-4-5-6-7-8-11-15-19-17(20)16-13-10-9-12-14-18-16/h16,18H,2-15H2,1H3,(H,19,20). The van der Waals surface area contributed by atoms with Crippen molar-refractivity contribution >= 4 is 5.91 Å². The Morgan fingerprint density at radius 1 is 1.00 bits per heavy atom. The largest absolute Gasteiger partial charge is 0.355 e. The van der Waals surface area contributed by atoms with E-state index in [1.54, 1.807) is 0 Å². The number of amides is 1. The molecule has 1 saturated heterocycles. The molecule has 0 aromatic heterocycles. The molecule has 0 aliphatic carbocycles. The molecule has 0 bridgehead atoms. The Kier molecular flexibility index (Phi) is 10.7. The van der Waals surface area contributed by atoms with Gasteiger partial charge in [-0.15, -0.1) is 0 Å². The fourth-order valence-electron chi connectivity index (χ4n) is 2.85. The van der Waals surface area contributed by atoms with Gasteiger partial charge in [-0.25, -0.2) is 0 Å². The molecule has 1 rings (SSSR count). The minimum atomic E-state index is 0.0616. The first kappa shape index (κ1) is 17.5. The molecule has 1 heterocycles. The van der Waals surface area contributed by atoms with Crippen LogP contribution in [0.25, 0.3) is 0 Å². The van der Waals surface area contributed by atoms with Crippen LogP contribution in [0.5, 0.6) is 0 Å². The van der Waals surface area contributed by atoms with Gasteiger partial charge in [0, 0.05) is 6.54 Å². The van der Waals surface area contributed by atoms with Crippen molar-refractivity contribution in [3.63, 3.8) is 0 Å². The summed E-state index contributed by atoms with van der Waals surface area (Å²) in [6, 6.07) is 0.0616. The Morgan fingerprint density at radius 2 is 1.70 bits per heavy atom. The zero-order valence-corrected chi connectivity index (χ0v) is 13.4. The maximum atomic E-state index is 12.0. The predicted molar refractivity (Wildman–Crippen MR) is 85.9 cm³/mol. The van der Waals surface area contributed by atoms with Crippen LogP contribution in [0.4, 0.5) is 0 Å². The van der Waals surface area contributed by atoms with Crippen molar-refractivity contribution in [2.45, 2.75) is 90.0 Å². The van der Waals surface area contributed by atoms with Crippen LogP contribution in [-0.4, -0.2) is 25.0 Å². The van der Waals surface area contributed by atoms with Crippen molar-refractivity contribution in [3.8, 4) is 0 Å². The first-order valence-electron chi connectivity index (χ1n) is 8.85. The van der Waals surface area contributed by atoms with Gasteiger partial charge in [0.1, 0.15) is 0 Å². The normalized spacial score (nSPS) is 19.6. The van der Waals surface area contributed by atoms with Crippen LogP contribution < -0.4 is 10.6 Å². The number of carbonyl (C=O) groups is 1. The van der Waals surface area contributed by atoms with Crippen molar-refractivity contribution in [3.05, 3.63) is 0 Å². The predicted octanol–water partition coefficient (Wildman–Crippen LogP) is 3.78. The van der Waals surface area contributed by atoms with E-state index in [0.717, 1.165) is 25.9 Å². The lowest BCUT2D eigenvalue weighted by atomic mass is 10.1. The molecule has 1 amide bonds. The van der Waals surface area contributed by atoms with E-state index in [9.17, 15) is 4.79 Å². The summed E-state index contributed by atoms with van der Waals surface area (Å²) in [5.74, 6) is 0.217. The smallest absolute Gasteiger partial charge is 0.237 e. The van der Waals surface area contributed by atoms with Gasteiger partial charge >= 0.3 is 0 Å². The number of hydrogen-bond acceptors (Lipinski definition) is 2. The maximum Gasteiger partial charge on any atom is 0.237 e. The minimum absolute atomic E-state index is 0.0616. The average Bonchev–Trinajstić information content (AvgIpc) is 2.74. The lowest BCUT2D eigenvalue weighted by molar-refractivity contribution is -0.123. The van der Waals surface area contributed by atoms with Crippen LogP contribution in [0.15, 0.2) is 0 Å². The van der Waals surface area contributed by atoms with Crippen molar-refractivity contribution in [2.75, 3.05) is 13.1 Å². The van der Waals surface area contributed by atoms with Crippen molar-refractivity contribution in [1.29, 1.82) is 0 Å². The number of hydrogen-bond donors (Lipinski definition) is 2. The van der Waals surface area contributed by atoms with Crippen molar-refractivity contribution in [1.82, 2.24) is 10.6 Å². The molecule has 1 aliphatic heterocycles. The zero-order chi connectivity index (χ0) is 14.5. The molecule has 118 valence electrons. The molecule has 20 heavy (non-hydrogen) atoms. The second-order valence-corrected chi connectivity index (χ2v) is 6.12. The fourth-order valence-corrected chi connectivity index (χ4v) is 2.85. The monoisotopic (exact) mass is 282 g/mol. The number of unbranched alkanes of at least 4 members (excludes halogenated alkanes) is 7. The summed E-state index contributed by atoms with van der Waals surface area (Å²) < 4.78 is 0. The van der Waals surface area contributed by atoms with Gasteiger partial charge in [0.25, 0.3) is 0 Å². The quantitative estimate of drug-likeness (QED) is 0.599. The molecule has 3 heteroatoms. The van der Waals surface area contributed by atoms with E-state index < -0.39 is 0 Å². The Labute approximate surface area is 125 Å². The van der Waals surface area contributed by atoms with E-state index in [1.165, 1.54) is 64.2 Å². The summed E-state index contributed by atoms with van der Waals surface area (Å²) in [6.45, 7) is 4.10. The third-order valence-corrected chi connectivity index (χ3v) is 4.21. The Morgan fingerprint density at radius 3 is 2.45 bits per heavy atom. The third kappa shape index (κ3) is 8.57. The molecule has 0 spiro atoms. The second kappa shape index (κ2) is 12.2. The highest BCUT2D eigenvalue weighted by Gasteiger charge is 2.18. The van der Waals surface area contributed by atoms with Crippen LogP contribution in [0, 0.1) is 0 Å². The molecule has 0 aromatic rings. The van der Waals surface area contributed by atoms with Crippen LogP contribution in [0.2, 0.25) is 0 Å². The number of carbonyl (C=O) groups excluding carboxylic acids is 1. The highest BCUT2D eigenvalue weighted by molar-refractivity contribution is 5.81. The summed E-state index contributed by atoms with van der Waals surface area (Å²) in [5, 5.41) is 6.44. The lowest BCUT2D eigenvalue weighted by Gasteiger charge is -2.15. The molecule has 0 aromatic carbocycles. The van der Waals surface area contributed by atoms with Crippen LogP contribution in [-0.2, 0) is 4.79 Å².